The van der Waals surface area contributed by atoms with Crippen molar-refractivity contribution in [2.75, 3.05) is 19.7 Å². The zero-order valence-corrected chi connectivity index (χ0v) is 26.1. The lowest BCUT2D eigenvalue weighted by Crippen LogP contribution is -2.49. The molecular weight excluding hydrogens is 464 g/mol. The molecule has 0 saturated heterocycles. The van der Waals surface area contributed by atoms with E-state index in [0.717, 1.165) is 6.42 Å². The lowest BCUT2D eigenvalue weighted by atomic mass is 10.1. The summed E-state index contributed by atoms with van der Waals surface area (Å²) in [5, 5.41) is 0.0802. The molecular formula is C26H54N2O4SSi. The molecule has 0 bridgehead atoms. The minimum Gasteiger partial charge on any atom is -0.444 e. The third-order valence-electron chi connectivity index (χ3n) is 5.86. The Morgan fingerprint density at radius 3 is 2.06 bits per heavy atom. The number of carbonyl (C=O) groups excluding carboxylic acids is 1. The van der Waals surface area contributed by atoms with Crippen molar-refractivity contribution in [1.82, 2.24) is 9.62 Å². The lowest BCUT2D eigenvalue weighted by molar-refractivity contribution is 0.0144. The fourth-order valence-electron chi connectivity index (χ4n) is 2.57. The van der Waals surface area contributed by atoms with E-state index in [-0.39, 0.29) is 21.9 Å². The van der Waals surface area contributed by atoms with Gasteiger partial charge in [-0.1, -0.05) is 46.8 Å². The van der Waals surface area contributed by atoms with Crippen molar-refractivity contribution < 1.29 is 18.2 Å². The van der Waals surface area contributed by atoms with Gasteiger partial charge in [-0.05, 0) is 78.4 Å². The standard InChI is InChI=1S/C26H54N2O4SSi/c1-21(2)17-19-28(23(29)32-24(3,4)5)22(20-31-34(12,13)26(9,10)11)16-14-15-18-27-33(30)25(6,7)8/h14,16,21-22,27H,15,17-20H2,1-13H3/t22-,33?/m0/s1. The molecule has 0 rings (SSSR count). The van der Waals surface area contributed by atoms with E-state index in [1.807, 2.05) is 46.4 Å². The Hall–Kier alpha value is -0.703. The van der Waals surface area contributed by atoms with Gasteiger partial charge in [0.15, 0.2) is 8.32 Å². The van der Waals surface area contributed by atoms with Crippen LogP contribution in [-0.2, 0) is 20.1 Å². The molecule has 0 radical (unpaired) electrons. The highest BCUT2D eigenvalue weighted by molar-refractivity contribution is 7.84. The van der Waals surface area contributed by atoms with Gasteiger partial charge in [-0.15, -0.1) is 0 Å². The largest absolute Gasteiger partial charge is 0.444 e. The van der Waals surface area contributed by atoms with Gasteiger partial charge in [-0.25, -0.2) is 13.7 Å². The van der Waals surface area contributed by atoms with Crippen LogP contribution in [0.15, 0.2) is 12.2 Å². The summed E-state index contributed by atoms with van der Waals surface area (Å²) in [5.41, 5.74) is -0.567. The Bertz CT molecular complexity index is 674. The Kier molecular flexibility index (Phi) is 13.3. The Labute approximate surface area is 214 Å². The third kappa shape index (κ3) is 13.4. The molecule has 0 aliphatic heterocycles. The second-order valence-electron chi connectivity index (χ2n) is 13.0. The summed E-state index contributed by atoms with van der Waals surface area (Å²) in [7, 11) is -3.10. The molecule has 6 nitrogen and oxygen atoms in total. The number of hydrogen-bond donors (Lipinski definition) is 1. The summed E-state index contributed by atoms with van der Waals surface area (Å²) in [6.07, 6.45) is 5.40. The van der Waals surface area contributed by atoms with Crippen molar-refractivity contribution >= 4 is 25.4 Å². The second kappa shape index (κ2) is 13.6. The first-order valence-electron chi connectivity index (χ1n) is 12.6. The van der Waals surface area contributed by atoms with Crippen molar-refractivity contribution in [1.29, 1.82) is 0 Å². The van der Waals surface area contributed by atoms with E-state index in [2.05, 4.69) is 64.6 Å². The number of carbonyl (C=O) groups is 1. The minimum absolute atomic E-state index is 0.0802. The Morgan fingerprint density at radius 1 is 1.06 bits per heavy atom. The molecule has 2 atom stereocenters. The molecule has 1 unspecified atom stereocenters. The molecule has 0 spiro atoms. The maximum Gasteiger partial charge on any atom is 0.410 e. The third-order valence-corrected chi connectivity index (χ3v) is 11.9. The summed E-state index contributed by atoms with van der Waals surface area (Å²) in [6.45, 7) is 28.6. The molecule has 0 fully saturated rings. The molecule has 0 heterocycles. The quantitative estimate of drug-likeness (QED) is 0.178. The van der Waals surface area contributed by atoms with E-state index in [1.165, 1.54) is 0 Å². The molecule has 0 aromatic rings. The van der Waals surface area contributed by atoms with Gasteiger partial charge in [0.1, 0.15) is 5.60 Å². The predicted molar refractivity (Wildman–Crippen MR) is 149 cm³/mol. The molecule has 8 heteroatoms. The van der Waals surface area contributed by atoms with Crippen LogP contribution in [0, 0.1) is 5.92 Å². The first-order chi connectivity index (χ1) is 15.2. The van der Waals surface area contributed by atoms with E-state index in [9.17, 15) is 9.00 Å². The molecule has 0 aromatic carbocycles. The Morgan fingerprint density at radius 2 is 1.62 bits per heavy atom. The molecule has 0 saturated carbocycles. The summed E-state index contributed by atoms with van der Waals surface area (Å²) in [6, 6.07) is -0.226. The molecule has 0 aliphatic rings. The van der Waals surface area contributed by atoms with Crippen LogP contribution in [0.2, 0.25) is 18.1 Å². The molecule has 34 heavy (non-hydrogen) atoms. The highest BCUT2D eigenvalue weighted by Gasteiger charge is 2.38. The maximum absolute atomic E-state index is 13.2. The van der Waals surface area contributed by atoms with Crippen molar-refractivity contribution in [3.8, 4) is 0 Å². The topological polar surface area (TPSA) is 67.9 Å². The highest BCUT2D eigenvalue weighted by atomic mass is 32.2. The van der Waals surface area contributed by atoms with Gasteiger partial charge in [-0.2, -0.15) is 0 Å². The van der Waals surface area contributed by atoms with Crippen LogP contribution < -0.4 is 4.72 Å². The number of rotatable bonds is 12. The van der Waals surface area contributed by atoms with Crippen LogP contribution >= 0.6 is 0 Å². The number of hydrogen-bond acceptors (Lipinski definition) is 4. The molecule has 1 amide bonds. The zero-order chi connectivity index (χ0) is 27.0. The number of nitrogens with zero attached hydrogens (tertiary/aromatic N) is 1. The van der Waals surface area contributed by atoms with Crippen LogP contribution in [0.1, 0.15) is 89.0 Å². The smallest absolute Gasteiger partial charge is 0.410 e. The second-order valence-corrected chi connectivity index (χ2v) is 19.8. The Balaban J connectivity index is 5.67. The van der Waals surface area contributed by atoms with Gasteiger partial charge in [0, 0.05) is 13.1 Å². The van der Waals surface area contributed by atoms with Gasteiger partial charge in [-0.3, -0.25) is 4.90 Å². The van der Waals surface area contributed by atoms with Crippen LogP contribution in [0.4, 0.5) is 4.79 Å². The summed E-state index contributed by atoms with van der Waals surface area (Å²) >= 11 is 0. The van der Waals surface area contributed by atoms with Gasteiger partial charge in [0.05, 0.1) is 28.4 Å². The normalized spacial score (nSPS) is 15.6. The van der Waals surface area contributed by atoms with Crippen molar-refractivity contribution in [3.05, 3.63) is 12.2 Å². The molecule has 1 N–H and O–H groups in total. The summed E-state index contributed by atoms with van der Waals surface area (Å²) in [5.74, 6) is 0.465. The minimum atomic E-state index is -2.00. The number of nitrogens with one attached hydrogen (secondary N) is 1. The average Bonchev–Trinajstić information content (AvgIpc) is 2.61. The van der Waals surface area contributed by atoms with Crippen molar-refractivity contribution in [3.63, 3.8) is 0 Å². The van der Waals surface area contributed by atoms with Crippen molar-refractivity contribution in [2.24, 2.45) is 5.92 Å². The first kappa shape index (κ1) is 33.3. The fraction of sp³-hybridized carbons (Fsp3) is 0.885. The molecule has 202 valence electrons. The lowest BCUT2D eigenvalue weighted by Gasteiger charge is -2.39. The van der Waals surface area contributed by atoms with Crippen LogP contribution in [0.3, 0.4) is 0 Å². The molecule has 0 aromatic heterocycles. The number of ether oxygens (including phenoxy) is 1. The van der Waals surface area contributed by atoms with E-state index in [4.69, 9.17) is 9.16 Å². The van der Waals surface area contributed by atoms with E-state index < -0.39 is 24.9 Å². The van der Waals surface area contributed by atoms with Gasteiger partial charge >= 0.3 is 6.09 Å². The van der Waals surface area contributed by atoms with E-state index in [1.54, 1.807) is 0 Å². The van der Waals surface area contributed by atoms with Gasteiger partial charge < -0.3 is 9.16 Å². The SMILES string of the molecule is CC(C)CCN(C(=O)OC(C)(C)C)[C@@H](C=CCCNS(=O)C(C)(C)C)CO[Si](C)(C)C(C)(C)C. The predicted octanol–water partition coefficient (Wildman–Crippen LogP) is 6.66. The van der Waals surface area contributed by atoms with Gasteiger partial charge in [0.2, 0.25) is 0 Å². The monoisotopic (exact) mass is 518 g/mol. The van der Waals surface area contributed by atoms with E-state index >= 15 is 0 Å². The van der Waals surface area contributed by atoms with Crippen LogP contribution in [0.5, 0.6) is 0 Å². The molecule has 0 aliphatic carbocycles. The van der Waals surface area contributed by atoms with E-state index in [0.29, 0.717) is 32.0 Å². The first-order valence-corrected chi connectivity index (χ1v) is 16.7. The zero-order valence-electron chi connectivity index (χ0n) is 24.3. The summed E-state index contributed by atoms with van der Waals surface area (Å²) in [4.78, 5) is 15.0. The average molecular weight is 519 g/mol. The van der Waals surface area contributed by atoms with Crippen LogP contribution in [0.25, 0.3) is 0 Å². The fourth-order valence-corrected chi connectivity index (χ4v) is 4.33. The maximum atomic E-state index is 13.2. The highest BCUT2D eigenvalue weighted by Crippen LogP contribution is 2.36. The van der Waals surface area contributed by atoms with Crippen molar-refractivity contribution in [2.45, 2.75) is 124 Å². The summed E-state index contributed by atoms with van der Waals surface area (Å²) < 4.78 is 27.3. The van der Waals surface area contributed by atoms with Crippen LogP contribution in [-0.4, -0.2) is 59.6 Å². The number of amides is 1. The van der Waals surface area contributed by atoms with Gasteiger partial charge in [0.25, 0.3) is 0 Å².